The highest BCUT2D eigenvalue weighted by atomic mass is 19.4. The van der Waals surface area contributed by atoms with Crippen molar-refractivity contribution >= 4 is 0 Å². The van der Waals surface area contributed by atoms with Crippen LogP contribution in [0.4, 0.5) is 17.6 Å². The van der Waals surface area contributed by atoms with Crippen LogP contribution >= 0.6 is 0 Å². The van der Waals surface area contributed by atoms with E-state index in [9.17, 15) is 22.7 Å². The second-order valence-electron chi connectivity index (χ2n) is 3.92. The van der Waals surface area contributed by atoms with Crippen LogP contribution in [0.5, 0.6) is 0 Å². The van der Waals surface area contributed by atoms with Crippen molar-refractivity contribution < 1.29 is 22.7 Å². The summed E-state index contributed by atoms with van der Waals surface area (Å²) in [6, 6.07) is 2.04. The summed E-state index contributed by atoms with van der Waals surface area (Å²) in [5, 5.41) is 9.56. The van der Waals surface area contributed by atoms with E-state index in [0.717, 1.165) is 6.07 Å². The minimum atomic E-state index is -4.53. The van der Waals surface area contributed by atoms with Crippen LogP contribution in [0, 0.1) is 11.7 Å². The van der Waals surface area contributed by atoms with E-state index in [-0.39, 0.29) is 11.5 Å². The lowest BCUT2D eigenvalue weighted by Gasteiger charge is -2.17. The number of alkyl halides is 3. The third kappa shape index (κ3) is 2.72. The van der Waals surface area contributed by atoms with Crippen LogP contribution in [0.1, 0.15) is 31.1 Å². The molecule has 1 nitrogen and oxygen atoms in total. The maximum Gasteiger partial charge on any atom is 0.416 e. The number of aliphatic hydroxyl groups excluding tert-OH is 1. The molecule has 0 bridgehead atoms. The van der Waals surface area contributed by atoms with Crippen molar-refractivity contribution in [3.63, 3.8) is 0 Å². The van der Waals surface area contributed by atoms with E-state index in [2.05, 4.69) is 0 Å². The number of halogens is 4. The zero-order valence-corrected chi connectivity index (χ0v) is 8.85. The molecule has 90 valence electrons. The van der Waals surface area contributed by atoms with Gasteiger partial charge in [0.15, 0.2) is 0 Å². The molecule has 16 heavy (non-hydrogen) atoms. The maximum atomic E-state index is 13.2. The number of rotatable bonds is 2. The fourth-order valence-electron chi connectivity index (χ4n) is 1.31. The van der Waals surface area contributed by atoms with E-state index in [1.54, 1.807) is 13.8 Å². The molecule has 1 rings (SSSR count). The summed E-state index contributed by atoms with van der Waals surface area (Å²) in [5.41, 5.74) is -1.27. The van der Waals surface area contributed by atoms with Crippen LogP contribution in [0.3, 0.4) is 0 Å². The van der Waals surface area contributed by atoms with Gasteiger partial charge in [0.2, 0.25) is 0 Å². The van der Waals surface area contributed by atoms with Gasteiger partial charge in [-0.2, -0.15) is 13.2 Å². The molecule has 0 saturated carbocycles. The second-order valence-corrected chi connectivity index (χ2v) is 3.92. The summed E-state index contributed by atoms with van der Waals surface area (Å²) in [7, 11) is 0. The van der Waals surface area contributed by atoms with Crippen molar-refractivity contribution in [2.75, 3.05) is 0 Å². The highest BCUT2D eigenvalue weighted by Gasteiger charge is 2.32. The van der Waals surface area contributed by atoms with Crippen LogP contribution in [-0.2, 0) is 6.18 Å². The Morgan fingerprint density at radius 1 is 1.19 bits per heavy atom. The van der Waals surface area contributed by atoms with Gasteiger partial charge in [-0.25, -0.2) is 4.39 Å². The first-order valence-corrected chi connectivity index (χ1v) is 4.78. The van der Waals surface area contributed by atoms with E-state index in [4.69, 9.17) is 0 Å². The van der Waals surface area contributed by atoms with Gasteiger partial charge in [0.25, 0.3) is 0 Å². The molecular formula is C11H12F4O. The average molecular weight is 236 g/mol. The van der Waals surface area contributed by atoms with Gasteiger partial charge in [0.1, 0.15) is 5.82 Å². The van der Waals surface area contributed by atoms with Gasteiger partial charge in [0, 0.05) is 5.56 Å². The largest absolute Gasteiger partial charge is 0.416 e. The molecule has 0 aromatic heterocycles. The predicted molar refractivity (Wildman–Crippen MR) is 51.2 cm³/mol. The third-order valence-corrected chi connectivity index (χ3v) is 2.27. The smallest absolute Gasteiger partial charge is 0.388 e. The second kappa shape index (κ2) is 4.41. The summed E-state index contributed by atoms with van der Waals surface area (Å²) in [5.74, 6) is -1.17. The van der Waals surface area contributed by atoms with E-state index < -0.39 is 23.7 Å². The van der Waals surface area contributed by atoms with Gasteiger partial charge >= 0.3 is 6.18 Å². The molecule has 1 unspecified atom stereocenters. The summed E-state index contributed by atoms with van der Waals surface area (Å²) in [4.78, 5) is 0. The van der Waals surface area contributed by atoms with Crippen LogP contribution in [-0.4, -0.2) is 5.11 Å². The van der Waals surface area contributed by atoms with Crippen LogP contribution in [0.15, 0.2) is 18.2 Å². The highest BCUT2D eigenvalue weighted by molar-refractivity contribution is 5.28. The Balaban J connectivity index is 3.19. The quantitative estimate of drug-likeness (QED) is 0.779. The van der Waals surface area contributed by atoms with Crippen LogP contribution in [0.2, 0.25) is 0 Å². The number of benzene rings is 1. The Labute approximate surface area is 90.7 Å². The molecule has 0 aliphatic carbocycles. The van der Waals surface area contributed by atoms with Crippen molar-refractivity contribution in [1.82, 2.24) is 0 Å². The zero-order chi connectivity index (χ0) is 12.5. The Hall–Kier alpha value is -1.10. The van der Waals surface area contributed by atoms with Gasteiger partial charge < -0.3 is 5.11 Å². The minimum Gasteiger partial charge on any atom is -0.388 e. The molecule has 0 aliphatic rings. The lowest BCUT2D eigenvalue weighted by Crippen LogP contribution is -2.11. The van der Waals surface area contributed by atoms with E-state index in [0.29, 0.717) is 12.1 Å². The molecule has 0 radical (unpaired) electrons. The fourth-order valence-corrected chi connectivity index (χ4v) is 1.31. The summed E-state index contributed by atoms with van der Waals surface area (Å²) in [6.07, 6.45) is -5.76. The average Bonchev–Trinajstić information content (AvgIpc) is 2.15. The van der Waals surface area contributed by atoms with Crippen LogP contribution < -0.4 is 0 Å². The number of aliphatic hydroxyl groups is 1. The van der Waals surface area contributed by atoms with E-state index >= 15 is 0 Å². The number of hydrogen-bond donors (Lipinski definition) is 1. The van der Waals surface area contributed by atoms with E-state index in [1.807, 2.05) is 0 Å². The molecule has 1 atom stereocenters. The Kier molecular flexibility index (Phi) is 3.57. The Bertz CT molecular complexity index is 371. The van der Waals surface area contributed by atoms with Gasteiger partial charge in [-0.15, -0.1) is 0 Å². The van der Waals surface area contributed by atoms with Gasteiger partial charge in [-0.1, -0.05) is 13.8 Å². The molecule has 0 fully saturated rings. The molecule has 0 spiro atoms. The first-order valence-electron chi connectivity index (χ1n) is 4.78. The molecule has 5 heteroatoms. The molecule has 1 aromatic rings. The SMILES string of the molecule is CC(C)C(O)c1cc(C(F)(F)F)ccc1F. The first kappa shape index (κ1) is 13.0. The summed E-state index contributed by atoms with van der Waals surface area (Å²) in [6.45, 7) is 3.20. The minimum absolute atomic E-state index is 0.315. The number of hydrogen-bond acceptors (Lipinski definition) is 1. The van der Waals surface area contributed by atoms with E-state index in [1.165, 1.54) is 0 Å². The van der Waals surface area contributed by atoms with Crippen molar-refractivity contribution in [3.8, 4) is 0 Å². The zero-order valence-electron chi connectivity index (χ0n) is 8.85. The topological polar surface area (TPSA) is 20.2 Å². The molecule has 1 N–H and O–H groups in total. The van der Waals surface area contributed by atoms with Crippen LogP contribution in [0.25, 0.3) is 0 Å². The first-order chi connectivity index (χ1) is 7.23. The molecular weight excluding hydrogens is 224 g/mol. The molecule has 1 aromatic carbocycles. The molecule has 0 heterocycles. The van der Waals surface area contributed by atoms with Crippen molar-refractivity contribution in [1.29, 1.82) is 0 Å². The summed E-state index contributed by atoms with van der Waals surface area (Å²) < 4.78 is 50.3. The maximum absolute atomic E-state index is 13.2. The Morgan fingerprint density at radius 2 is 1.75 bits per heavy atom. The van der Waals surface area contributed by atoms with Crippen molar-refractivity contribution in [3.05, 3.63) is 35.1 Å². The van der Waals surface area contributed by atoms with Crippen molar-refractivity contribution in [2.45, 2.75) is 26.1 Å². The highest BCUT2D eigenvalue weighted by Crippen LogP contribution is 2.33. The van der Waals surface area contributed by atoms with Gasteiger partial charge in [0.05, 0.1) is 11.7 Å². The molecule has 0 saturated heterocycles. The fraction of sp³-hybridized carbons (Fsp3) is 0.455. The summed E-state index contributed by atoms with van der Waals surface area (Å²) >= 11 is 0. The lowest BCUT2D eigenvalue weighted by molar-refractivity contribution is -0.137. The molecule has 0 amide bonds. The monoisotopic (exact) mass is 236 g/mol. The third-order valence-electron chi connectivity index (χ3n) is 2.27. The Morgan fingerprint density at radius 3 is 2.19 bits per heavy atom. The van der Waals surface area contributed by atoms with Crippen molar-refractivity contribution in [2.24, 2.45) is 5.92 Å². The predicted octanol–water partition coefficient (Wildman–Crippen LogP) is 3.53. The molecule has 0 aliphatic heterocycles. The standard InChI is InChI=1S/C11H12F4O/c1-6(2)10(16)8-5-7(11(13,14)15)3-4-9(8)12/h3-6,10,16H,1-2H3. The normalized spacial score (nSPS) is 14.2. The van der Waals surface area contributed by atoms with Gasteiger partial charge in [-0.05, 0) is 24.1 Å². The lowest BCUT2D eigenvalue weighted by atomic mass is 9.97. The van der Waals surface area contributed by atoms with Gasteiger partial charge in [-0.3, -0.25) is 0 Å².